The summed E-state index contributed by atoms with van der Waals surface area (Å²) in [6.07, 6.45) is 1.13. The molecule has 0 aromatic heterocycles. The molecule has 1 atom stereocenters. The second-order valence-electron chi connectivity index (χ2n) is 4.32. The minimum absolute atomic E-state index is 0.0310. The normalized spacial score (nSPS) is 26.1. The number of ether oxygens (including phenoxy) is 1. The van der Waals surface area contributed by atoms with E-state index in [2.05, 4.69) is 0 Å². The number of hydrogen-bond donors (Lipinski definition) is 0. The van der Waals surface area contributed by atoms with Crippen molar-refractivity contribution < 1.29 is 14.3 Å². The van der Waals surface area contributed by atoms with Crippen LogP contribution in [0.3, 0.4) is 0 Å². The van der Waals surface area contributed by atoms with Crippen LogP contribution in [0.2, 0.25) is 0 Å². The van der Waals surface area contributed by atoms with Crippen LogP contribution in [0.1, 0.15) is 33.6 Å². The molecule has 3 heteroatoms. The fraction of sp³-hybridized carbons (Fsp3) is 0.800. The summed E-state index contributed by atoms with van der Waals surface area (Å²) in [5.41, 5.74) is -0.0332. The lowest BCUT2D eigenvalue weighted by Crippen LogP contribution is -2.21. The van der Waals surface area contributed by atoms with Crippen LogP contribution in [-0.2, 0) is 14.3 Å². The second kappa shape index (κ2) is 3.48. The maximum atomic E-state index is 11.4. The highest BCUT2D eigenvalue weighted by atomic mass is 16.5. The predicted molar refractivity (Wildman–Crippen MR) is 48.1 cm³/mol. The van der Waals surface area contributed by atoms with Crippen molar-refractivity contribution in [2.45, 2.75) is 33.6 Å². The molecule has 0 aromatic rings. The molecule has 0 radical (unpaired) electrons. The second-order valence-corrected chi connectivity index (χ2v) is 4.32. The Morgan fingerprint density at radius 2 is 2.23 bits per heavy atom. The van der Waals surface area contributed by atoms with Crippen molar-refractivity contribution in [1.29, 1.82) is 0 Å². The molecule has 0 saturated heterocycles. The summed E-state index contributed by atoms with van der Waals surface area (Å²) in [5, 5.41) is 0. The van der Waals surface area contributed by atoms with Gasteiger partial charge in [-0.2, -0.15) is 0 Å². The van der Waals surface area contributed by atoms with E-state index in [1.54, 1.807) is 6.92 Å². The van der Waals surface area contributed by atoms with Crippen LogP contribution in [0.25, 0.3) is 0 Å². The fourth-order valence-corrected chi connectivity index (χ4v) is 1.79. The molecular weight excluding hydrogens is 168 g/mol. The largest absolute Gasteiger partial charge is 0.465 e. The van der Waals surface area contributed by atoms with Crippen molar-refractivity contribution in [3.63, 3.8) is 0 Å². The smallest absolute Gasteiger partial charge is 0.316 e. The van der Waals surface area contributed by atoms with E-state index in [0.717, 1.165) is 0 Å². The van der Waals surface area contributed by atoms with E-state index in [4.69, 9.17) is 4.74 Å². The van der Waals surface area contributed by atoms with E-state index < -0.39 is 5.92 Å². The summed E-state index contributed by atoms with van der Waals surface area (Å²) in [7, 11) is 0. The first kappa shape index (κ1) is 10.2. The molecule has 13 heavy (non-hydrogen) atoms. The van der Waals surface area contributed by atoms with Gasteiger partial charge in [0.15, 0.2) is 0 Å². The quantitative estimate of drug-likeness (QED) is 0.483. The van der Waals surface area contributed by atoms with Gasteiger partial charge in [0.05, 0.1) is 6.61 Å². The Balaban J connectivity index is 2.63. The van der Waals surface area contributed by atoms with Crippen LogP contribution < -0.4 is 0 Å². The maximum Gasteiger partial charge on any atom is 0.316 e. The molecule has 0 amide bonds. The standard InChI is InChI=1S/C10H16O3/c1-4-13-9(12)7-5-10(2,3)6-8(7)11/h7H,4-6H2,1-3H3/t7-/m1/s1. The first-order valence-corrected chi connectivity index (χ1v) is 4.65. The zero-order valence-electron chi connectivity index (χ0n) is 8.42. The Bertz CT molecular complexity index is 230. The van der Waals surface area contributed by atoms with Crippen molar-refractivity contribution in [1.82, 2.24) is 0 Å². The summed E-state index contributed by atoms with van der Waals surface area (Å²) in [6, 6.07) is 0. The summed E-state index contributed by atoms with van der Waals surface area (Å²) >= 11 is 0. The Morgan fingerprint density at radius 3 is 2.62 bits per heavy atom. The van der Waals surface area contributed by atoms with Crippen LogP contribution in [0, 0.1) is 11.3 Å². The fourth-order valence-electron chi connectivity index (χ4n) is 1.79. The lowest BCUT2D eigenvalue weighted by Gasteiger charge is -2.14. The van der Waals surface area contributed by atoms with Crippen molar-refractivity contribution in [3.8, 4) is 0 Å². The predicted octanol–water partition coefficient (Wildman–Crippen LogP) is 1.55. The van der Waals surface area contributed by atoms with E-state index in [1.807, 2.05) is 13.8 Å². The van der Waals surface area contributed by atoms with Gasteiger partial charge in [-0.15, -0.1) is 0 Å². The molecule has 74 valence electrons. The number of rotatable bonds is 2. The van der Waals surface area contributed by atoms with Crippen molar-refractivity contribution >= 4 is 11.8 Å². The maximum absolute atomic E-state index is 11.4. The summed E-state index contributed by atoms with van der Waals surface area (Å²) in [4.78, 5) is 22.7. The lowest BCUT2D eigenvalue weighted by molar-refractivity contribution is -0.150. The molecule has 1 fully saturated rings. The molecule has 1 aliphatic rings. The molecule has 3 nitrogen and oxygen atoms in total. The third kappa shape index (κ3) is 2.29. The van der Waals surface area contributed by atoms with Gasteiger partial charge in [0.2, 0.25) is 0 Å². The average molecular weight is 184 g/mol. The average Bonchev–Trinajstić information content (AvgIpc) is 2.25. The van der Waals surface area contributed by atoms with E-state index in [9.17, 15) is 9.59 Å². The van der Waals surface area contributed by atoms with Gasteiger partial charge in [0, 0.05) is 6.42 Å². The Labute approximate surface area is 78.5 Å². The minimum Gasteiger partial charge on any atom is -0.465 e. The molecular formula is C10H16O3. The first-order valence-electron chi connectivity index (χ1n) is 4.65. The molecule has 0 bridgehead atoms. The number of hydrogen-bond acceptors (Lipinski definition) is 3. The highest BCUT2D eigenvalue weighted by molar-refractivity contribution is 6.00. The molecule has 0 aliphatic heterocycles. The SMILES string of the molecule is CCOC(=O)[C@@H]1CC(C)(C)CC1=O. The highest BCUT2D eigenvalue weighted by Crippen LogP contribution is 2.38. The third-order valence-corrected chi connectivity index (χ3v) is 2.37. The molecule has 1 rings (SSSR count). The topological polar surface area (TPSA) is 43.4 Å². The molecule has 0 aromatic carbocycles. The molecule has 1 aliphatic carbocycles. The summed E-state index contributed by atoms with van der Waals surface area (Å²) in [5.74, 6) is -0.823. The zero-order valence-corrected chi connectivity index (χ0v) is 8.42. The molecule has 0 spiro atoms. The van der Waals surface area contributed by atoms with Gasteiger partial charge in [-0.3, -0.25) is 9.59 Å². The van der Waals surface area contributed by atoms with Gasteiger partial charge >= 0.3 is 5.97 Å². The number of Topliss-reactive ketones (excluding diaryl/α,β-unsaturated/α-hetero) is 1. The molecule has 0 heterocycles. The number of carbonyl (C=O) groups excluding carboxylic acids is 2. The Kier molecular flexibility index (Phi) is 2.74. The van der Waals surface area contributed by atoms with Crippen molar-refractivity contribution in [2.24, 2.45) is 11.3 Å². The van der Waals surface area contributed by atoms with Gasteiger partial charge in [-0.25, -0.2) is 0 Å². The van der Waals surface area contributed by atoms with Gasteiger partial charge in [-0.05, 0) is 18.8 Å². The third-order valence-electron chi connectivity index (χ3n) is 2.37. The van der Waals surface area contributed by atoms with E-state index in [-0.39, 0.29) is 17.2 Å². The van der Waals surface area contributed by atoms with E-state index in [1.165, 1.54) is 0 Å². The van der Waals surface area contributed by atoms with Crippen LogP contribution in [0.5, 0.6) is 0 Å². The van der Waals surface area contributed by atoms with Crippen molar-refractivity contribution in [3.05, 3.63) is 0 Å². The minimum atomic E-state index is -0.505. The van der Waals surface area contributed by atoms with Crippen LogP contribution in [0.4, 0.5) is 0 Å². The first-order chi connectivity index (χ1) is 5.96. The Hall–Kier alpha value is -0.860. The number of carbonyl (C=O) groups is 2. The monoisotopic (exact) mass is 184 g/mol. The van der Waals surface area contributed by atoms with Crippen LogP contribution in [0.15, 0.2) is 0 Å². The van der Waals surface area contributed by atoms with E-state index >= 15 is 0 Å². The van der Waals surface area contributed by atoms with E-state index in [0.29, 0.717) is 19.4 Å². The molecule has 0 N–H and O–H groups in total. The van der Waals surface area contributed by atoms with Gasteiger partial charge in [0.1, 0.15) is 11.7 Å². The van der Waals surface area contributed by atoms with Crippen LogP contribution in [-0.4, -0.2) is 18.4 Å². The van der Waals surface area contributed by atoms with Gasteiger partial charge in [0.25, 0.3) is 0 Å². The molecule has 0 unspecified atom stereocenters. The number of ketones is 1. The van der Waals surface area contributed by atoms with Crippen molar-refractivity contribution in [2.75, 3.05) is 6.61 Å². The Morgan fingerprint density at radius 1 is 1.62 bits per heavy atom. The lowest BCUT2D eigenvalue weighted by atomic mass is 9.91. The summed E-state index contributed by atoms with van der Waals surface area (Å²) in [6.45, 7) is 6.11. The number of esters is 1. The molecule has 1 saturated carbocycles. The highest BCUT2D eigenvalue weighted by Gasteiger charge is 2.42. The van der Waals surface area contributed by atoms with Gasteiger partial charge < -0.3 is 4.74 Å². The van der Waals surface area contributed by atoms with Crippen LogP contribution >= 0.6 is 0 Å². The summed E-state index contributed by atoms with van der Waals surface area (Å²) < 4.78 is 4.83. The zero-order chi connectivity index (χ0) is 10.1. The van der Waals surface area contributed by atoms with Gasteiger partial charge in [-0.1, -0.05) is 13.8 Å².